The maximum Gasteiger partial charge on any atom is 0.573 e. The van der Waals surface area contributed by atoms with Crippen LogP contribution in [0.25, 0.3) is 0 Å². The Bertz CT molecular complexity index is 694. The molecule has 4 N–H and O–H groups in total. The predicted octanol–water partition coefficient (Wildman–Crippen LogP) is 2.95. The third-order valence-electron chi connectivity index (χ3n) is 3.42. The molecule has 152 valence electrons. The Morgan fingerprint density at radius 2 is 1.78 bits per heavy atom. The molecule has 1 heterocycles. The summed E-state index contributed by atoms with van der Waals surface area (Å²) in [6.45, 7) is -0.849. The number of nitrogens with zero attached hydrogens (tertiary/aromatic N) is 3. The highest BCUT2D eigenvalue weighted by atomic mass is 35.5. The largest absolute Gasteiger partial charge is 0.573 e. The fourth-order valence-corrected chi connectivity index (χ4v) is 2.13. The van der Waals surface area contributed by atoms with E-state index in [1.807, 2.05) is 0 Å². The molecule has 27 heavy (non-hydrogen) atoms. The van der Waals surface area contributed by atoms with Crippen molar-refractivity contribution in [3.63, 3.8) is 0 Å². The van der Waals surface area contributed by atoms with Crippen molar-refractivity contribution in [1.29, 1.82) is 0 Å². The van der Waals surface area contributed by atoms with Crippen LogP contribution in [-0.4, -0.2) is 48.4 Å². The maximum absolute atomic E-state index is 13.4. The minimum Gasteiger partial charge on any atom is -0.406 e. The summed E-state index contributed by atoms with van der Waals surface area (Å²) in [5, 5.41) is 0. The molecule has 1 unspecified atom stereocenters. The second kappa shape index (κ2) is 8.55. The zero-order valence-corrected chi connectivity index (χ0v) is 14.4. The predicted molar refractivity (Wildman–Crippen MR) is 89.3 cm³/mol. The SMILES string of the molecule is Cl.NC(=Nc1ccc(OC(F)(F)F)cc1)/N=C(/N)N1CCC(F)(F)C(F)C1. The van der Waals surface area contributed by atoms with E-state index >= 15 is 0 Å². The summed E-state index contributed by atoms with van der Waals surface area (Å²) in [5.41, 5.74) is 11.3. The van der Waals surface area contributed by atoms with Crippen molar-refractivity contribution in [1.82, 2.24) is 4.90 Å². The molecule has 13 heteroatoms. The van der Waals surface area contributed by atoms with Crippen molar-refractivity contribution >= 4 is 30.0 Å². The van der Waals surface area contributed by atoms with Gasteiger partial charge >= 0.3 is 6.36 Å². The third kappa shape index (κ3) is 6.70. The van der Waals surface area contributed by atoms with Crippen LogP contribution in [0.3, 0.4) is 0 Å². The van der Waals surface area contributed by atoms with Crippen molar-refractivity contribution in [2.75, 3.05) is 13.1 Å². The van der Waals surface area contributed by atoms with E-state index in [4.69, 9.17) is 11.5 Å². The average molecular weight is 420 g/mol. The monoisotopic (exact) mass is 419 g/mol. The minimum atomic E-state index is -4.82. The van der Waals surface area contributed by atoms with Gasteiger partial charge in [0.1, 0.15) is 5.75 Å². The van der Waals surface area contributed by atoms with Gasteiger partial charge in [-0.1, -0.05) is 0 Å². The highest BCUT2D eigenvalue weighted by Gasteiger charge is 2.45. The fraction of sp³-hybridized carbons (Fsp3) is 0.429. The minimum absolute atomic E-state index is 0. The highest BCUT2D eigenvalue weighted by Crippen LogP contribution is 2.30. The number of guanidine groups is 2. The normalized spacial score (nSPS) is 20.8. The molecular weight excluding hydrogens is 404 g/mol. The van der Waals surface area contributed by atoms with Crippen LogP contribution in [0.15, 0.2) is 34.3 Å². The zero-order chi connectivity index (χ0) is 19.5. The van der Waals surface area contributed by atoms with Gasteiger partial charge in [0.15, 0.2) is 12.1 Å². The van der Waals surface area contributed by atoms with E-state index < -0.39 is 37.2 Å². The van der Waals surface area contributed by atoms with Crippen LogP contribution in [-0.2, 0) is 0 Å². The number of aliphatic imine (C=N–C) groups is 2. The standard InChI is InChI=1S/C14H15F6N5O.ClH/c15-10-7-25(6-5-13(10,16)17)12(22)24-11(21)23-8-1-3-9(4-2-8)26-14(18,19)20;/h1-4,10H,5-7H2,(H4,21,22,23,24);1H. The average Bonchev–Trinajstić information content (AvgIpc) is 2.50. The molecule has 1 aliphatic rings. The van der Waals surface area contributed by atoms with Gasteiger partial charge in [-0.15, -0.1) is 25.6 Å². The van der Waals surface area contributed by atoms with Crippen molar-refractivity contribution in [2.45, 2.75) is 24.9 Å². The Morgan fingerprint density at radius 3 is 2.30 bits per heavy atom. The van der Waals surface area contributed by atoms with Crippen LogP contribution in [0.1, 0.15) is 6.42 Å². The number of piperidine rings is 1. The smallest absolute Gasteiger partial charge is 0.406 e. The number of ether oxygens (including phenoxy) is 1. The molecule has 1 atom stereocenters. The molecule has 1 aromatic rings. The summed E-state index contributed by atoms with van der Waals surface area (Å²) in [6, 6.07) is 4.43. The van der Waals surface area contributed by atoms with E-state index in [-0.39, 0.29) is 36.6 Å². The lowest BCUT2D eigenvalue weighted by Crippen LogP contribution is -2.53. The van der Waals surface area contributed by atoms with Gasteiger partial charge in [-0.05, 0) is 24.3 Å². The molecule has 6 nitrogen and oxygen atoms in total. The first-order valence-corrected chi connectivity index (χ1v) is 7.27. The number of hydrogen-bond acceptors (Lipinski definition) is 2. The van der Waals surface area contributed by atoms with Gasteiger partial charge in [-0.2, -0.15) is 4.99 Å². The van der Waals surface area contributed by atoms with Crippen LogP contribution in [0.5, 0.6) is 5.75 Å². The third-order valence-corrected chi connectivity index (χ3v) is 3.42. The Kier molecular flexibility index (Phi) is 7.18. The summed E-state index contributed by atoms with van der Waals surface area (Å²) in [4.78, 5) is 8.59. The van der Waals surface area contributed by atoms with Gasteiger partial charge in [0.05, 0.1) is 12.2 Å². The number of halogens is 7. The topological polar surface area (TPSA) is 89.2 Å². The summed E-state index contributed by atoms with van der Waals surface area (Å²) in [6.07, 6.45) is -7.92. The molecule has 0 amide bonds. The van der Waals surface area contributed by atoms with Gasteiger partial charge in [0, 0.05) is 13.0 Å². The second-order valence-electron chi connectivity index (χ2n) is 5.41. The highest BCUT2D eigenvalue weighted by molar-refractivity contribution is 5.94. The van der Waals surface area contributed by atoms with Crippen molar-refractivity contribution in [3.8, 4) is 5.75 Å². The van der Waals surface area contributed by atoms with Gasteiger partial charge in [-0.3, -0.25) is 0 Å². The van der Waals surface area contributed by atoms with Crippen LogP contribution in [0.2, 0.25) is 0 Å². The molecule has 1 aliphatic heterocycles. The lowest BCUT2D eigenvalue weighted by molar-refractivity contribution is -0.274. The first kappa shape index (κ1) is 22.7. The van der Waals surface area contributed by atoms with Gasteiger partial charge < -0.3 is 21.1 Å². The molecule has 0 saturated carbocycles. The molecule has 0 bridgehead atoms. The molecule has 0 spiro atoms. The fourth-order valence-electron chi connectivity index (χ4n) is 2.13. The van der Waals surface area contributed by atoms with E-state index in [0.717, 1.165) is 17.0 Å². The molecule has 0 aliphatic carbocycles. The van der Waals surface area contributed by atoms with Gasteiger partial charge in [-0.25, -0.2) is 18.2 Å². The van der Waals surface area contributed by atoms with Gasteiger partial charge in [0.2, 0.25) is 5.96 Å². The number of benzene rings is 1. The van der Waals surface area contributed by atoms with Gasteiger partial charge in [0.25, 0.3) is 5.92 Å². The number of alkyl halides is 6. The number of likely N-dealkylation sites (tertiary alicyclic amines) is 1. The van der Waals surface area contributed by atoms with Crippen molar-refractivity contribution in [2.24, 2.45) is 21.5 Å². The summed E-state index contributed by atoms with van der Waals surface area (Å²) < 4.78 is 79.5. The Morgan fingerprint density at radius 1 is 1.19 bits per heavy atom. The number of rotatable bonds is 2. The van der Waals surface area contributed by atoms with Crippen LogP contribution in [0, 0.1) is 0 Å². The quantitative estimate of drug-likeness (QED) is 0.438. The molecule has 1 fully saturated rings. The Balaban J connectivity index is 0.00000364. The molecule has 2 rings (SSSR count). The van der Waals surface area contributed by atoms with Crippen molar-refractivity contribution < 1.29 is 31.1 Å². The van der Waals surface area contributed by atoms with Crippen LogP contribution in [0.4, 0.5) is 32.0 Å². The molecule has 1 saturated heterocycles. The zero-order valence-electron chi connectivity index (χ0n) is 13.6. The first-order valence-electron chi connectivity index (χ1n) is 7.27. The lowest BCUT2D eigenvalue weighted by Gasteiger charge is -2.34. The van der Waals surface area contributed by atoms with E-state index in [2.05, 4.69) is 14.7 Å². The summed E-state index contributed by atoms with van der Waals surface area (Å²) in [5.74, 6) is -4.53. The molecule has 0 radical (unpaired) electrons. The van der Waals surface area contributed by atoms with E-state index in [1.54, 1.807) is 0 Å². The van der Waals surface area contributed by atoms with E-state index in [9.17, 15) is 26.3 Å². The van der Waals surface area contributed by atoms with Crippen molar-refractivity contribution in [3.05, 3.63) is 24.3 Å². The molecule has 0 aromatic heterocycles. The summed E-state index contributed by atoms with van der Waals surface area (Å²) in [7, 11) is 0. The lowest BCUT2D eigenvalue weighted by atomic mass is 10.1. The van der Waals surface area contributed by atoms with E-state index in [0.29, 0.717) is 0 Å². The molecule has 1 aromatic carbocycles. The van der Waals surface area contributed by atoms with E-state index in [1.165, 1.54) is 12.1 Å². The number of hydrogen-bond donors (Lipinski definition) is 2. The second-order valence-corrected chi connectivity index (χ2v) is 5.41. The van der Waals surface area contributed by atoms with Crippen LogP contribution >= 0.6 is 12.4 Å². The number of nitrogens with two attached hydrogens (primary N) is 2. The summed E-state index contributed by atoms with van der Waals surface area (Å²) >= 11 is 0. The maximum atomic E-state index is 13.4. The first-order chi connectivity index (χ1) is 12.0. The molecular formula is C14H16ClF6N5O. The van der Waals surface area contributed by atoms with Crippen LogP contribution < -0.4 is 16.2 Å². The Labute approximate surface area is 156 Å². The Hall–Kier alpha value is -2.37.